The molecule has 0 radical (unpaired) electrons. The summed E-state index contributed by atoms with van der Waals surface area (Å²) in [6.45, 7) is 2.35. The Hall–Kier alpha value is -2.95. The Morgan fingerprint density at radius 2 is 1.88 bits per heavy atom. The number of benzene rings is 2. The van der Waals surface area contributed by atoms with Gasteiger partial charge in [-0.2, -0.15) is 4.31 Å². The van der Waals surface area contributed by atoms with E-state index in [1.165, 1.54) is 10.4 Å². The van der Waals surface area contributed by atoms with Crippen LogP contribution in [0.25, 0.3) is 0 Å². The van der Waals surface area contributed by atoms with E-state index in [9.17, 15) is 23.1 Å². The van der Waals surface area contributed by atoms with Crippen LogP contribution in [0.4, 0.5) is 5.69 Å². The van der Waals surface area contributed by atoms with E-state index in [1.54, 1.807) is 4.90 Å². The molecule has 2 heterocycles. The van der Waals surface area contributed by atoms with Crippen molar-refractivity contribution in [2.45, 2.75) is 24.3 Å². The number of morpholine rings is 1. The molecule has 170 valence electrons. The zero-order valence-electron chi connectivity index (χ0n) is 17.6. The van der Waals surface area contributed by atoms with Crippen LogP contribution in [0.2, 0.25) is 0 Å². The van der Waals surface area contributed by atoms with Gasteiger partial charge in [-0.3, -0.25) is 4.79 Å². The lowest BCUT2D eigenvalue weighted by Gasteiger charge is -2.26. The molecule has 32 heavy (non-hydrogen) atoms. The van der Waals surface area contributed by atoms with Crippen molar-refractivity contribution in [3.63, 3.8) is 0 Å². The number of carbonyl (C=O) groups is 2. The lowest BCUT2D eigenvalue weighted by Crippen LogP contribution is -2.40. The lowest BCUT2D eigenvalue weighted by molar-refractivity contribution is -0.122. The van der Waals surface area contributed by atoms with Crippen molar-refractivity contribution < 1.29 is 32.6 Å². The average Bonchev–Trinajstić information content (AvgIpc) is 3.13. The Morgan fingerprint density at radius 1 is 1.16 bits per heavy atom. The Labute approximate surface area is 186 Å². The highest BCUT2D eigenvalue weighted by Crippen LogP contribution is 2.32. The minimum Gasteiger partial charge on any atom is -0.507 e. The van der Waals surface area contributed by atoms with Gasteiger partial charge in [0.1, 0.15) is 11.3 Å². The number of rotatable bonds is 5. The summed E-state index contributed by atoms with van der Waals surface area (Å²) in [7, 11) is -3.86. The van der Waals surface area contributed by atoms with Crippen molar-refractivity contribution in [3.05, 3.63) is 53.6 Å². The predicted octanol–water partition coefficient (Wildman–Crippen LogP) is 1.55. The maximum Gasteiger partial charge on any atom is 0.342 e. The van der Waals surface area contributed by atoms with Gasteiger partial charge >= 0.3 is 5.97 Å². The molecule has 0 unspecified atom stereocenters. The fourth-order valence-corrected chi connectivity index (χ4v) is 5.43. The van der Waals surface area contributed by atoms with Crippen molar-refractivity contribution in [1.29, 1.82) is 0 Å². The van der Waals surface area contributed by atoms with E-state index >= 15 is 0 Å². The Bertz CT molecular complexity index is 1140. The maximum absolute atomic E-state index is 12.8. The third kappa shape index (κ3) is 4.21. The first-order chi connectivity index (χ1) is 15.3. The van der Waals surface area contributed by atoms with E-state index in [1.807, 2.05) is 31.2 Å². The molecule has 0 saturated carbocycles. The molecule has 0 spiro atoms. The van der Waals surface area contributed by atoms with Crippen molar-refractivity contribution in [2.24, 2.45) is 0 Å². The molecule has 9 nitrogen and oxygen atoms in total. The van der Waals surface area contributed by atoms with Gasteiger partial charge in [0, 0.05) is 24.8 Å². The van der Waals surface area contributed by atoms with Crippen LogP contribution < -0.4 is 4.90 Å². The summed E-state index contributed by atoms with van der Waals surface area (Å²) in [5, 5.41) is 10.1. The number of esters is 1. The summed E-state index contributed by atoms with van der Waals surface area (Å²) in [5.74, 6) is -1.80. The van der Waals surface area contributed by atoms with Crippen LogP contribution in [-0.4, -0.2) is 68.7 Å². The van der Waals surface area contributed by atoms with Gasteiger partial charge < -0.3 is 19.5 Å². The number of aromatic hydroxyl groups is 1. The number of phenolic OH excluding ortho intramolecular Hbond substituents is 1. The highest BCUT2D eigenvalue weighted by Gasteiger charge is 2.32. The van der Waals surface area contributed by atoms with Gasteiger partial charge in [0.15, 0.2) is 6.61 Å². The first kappa shape index (κ1) is 22.3. The normalized spacial score (nSPS) is 18.9. The summed E-state index contributed by atoms with van der Waals surface area (Å²) >= 11 is 0. The predicted molar refractivity (Wildman–Crippen MR) is 115 cm³/mol. The highest BCUT2D eigenvalue weighted by molar-refractivity contribution is 7.89. The summed E-state index contributed by atoms with van der Waals surface area (Å²) in [4.78, 5) is 26.8. The SMILES string of the molecule is C[C@@H]1Cc2ccccc2N1C(=O)COC(=O)c1cc(S(=O)(=O)N2CCOCC2)ccc1O. The van der Waals surface area contributed by atoms with Crippen LogP contribution in [0.1, 0.15) is 22.8 Å². The Balaban J connectivity index is 1.48. The molecule has 2 aromatic rings. The molecule has 0 bridgehead atoms. The molecule has 4 rings (SSSR count). The van der Waals surface area contributed by atoms with Gasteiger partial charge in [-0.1, -0.05) is 18.2 Å². The second-order valence-electron chi connectivity index (χ2n) is 7.72. The summed E-state index contributed by atoms with van der Waals surface area (Å²) in [6, 6.07) is 10.9. The van der Waals surface area contributed by atoms with Gasteiger partial charge in [0.2, 0.25) is 10.0 Å². The monoisotopic (exact) mass is 460 g/mol. The second-order valence-corrected chi connectivity index (χ2v) is 9.66. The van der Waals surface area contributed by atoms with Crippen LogP contribution in [0.3, 0.4) is 0 Å². The van der Waals surface area contributed by atoms with Gasteiger partial charge in [0.25, 0.3) is 5.91 Å². The molecule has 2 aliphatic heterocycles. The fraction of sp³-hybridized carbons (Fsp3) is 0.364. The highest BCUT2D eigenvalue weighted by atomic mass is 32.2. The third-order valence-corrected chi connectivity index (χ3v) is 7.49. The van der Waals surface area contributed by atoms with Crippen LogP contribution in [0.5, 0.6) is 5.75 Å². The van der Waals surface area contributed by atoms with Gasteiger partial charge in [-0.15, -0.1) is 0 Å². The second kappa shape index (κ2) is 8.89. The number of amides is 1. The smallest absolute Gasteiger partial charge is 0.342 e. The van der Waals surface area contributed by atoms with Crippen molar-refractivity contribution >= 4 is 27.6 Å². The van der Waals surface area contributed by atoms with Crippen molar-refractivity contribution in [2.75, 3.05) is 37.8 Å². The molecule has 1 atom stereocenters. The number of hydrogen-bond donors (Lipinski definition) is 1. The van der Waals surface area contributed by atoms with Gasteiger partial charge in [-0.05, 0) is 43.2 Å². The molecule has 1 N–H and O–H groups in total. The Kier molecular flexibility index (Phi) is 6.18. The number of hydrogen-bond acceptors (Lipinski definition) is 7. The first-order valence-corrected chi connectivity index (χ1v) is 11.7. The van der Waals surface area contributed by atoms with Crippen LogP contribution >= 0.6 is 0 Å². The largest absolute Gasteiger partial charge is 0.507 e. The molecule has 1 amide bonds. The van der Waals surface area contributed by atoms with Crippen LogP contribution in [0.15, 0.2) is 47.4 Å². The van der Waals surface area contributed by atoms with Crippen LogP contribution in [-0.2, 0) is 30.7 Å². The maximum atomic E-state index is 12.8. The van der Waals surface area contributed by atoms with Crippen molar-refractivity contribution in [3.8, 4) is 5.75 Å². The number of ether oxygens (including phenoxy) is 2. The van der Waals surface area contributed by atoms with E-state index in [2.05, 4.69) is 0 Å². The van der Waals surface area contributed by atoms with E-state index in [-0.39, 0.29) is 42.8 Å². The number of para-hydroxylation sites is 1. The average molecular weight is 461 g/mol. The minimum atomic E-state index is -3.86. The summed E-state index contributed by atoms with van der Waals surface area (Å²) in [5.41, 5.74) is 1.50. The zero-order valence-corrected chi connectivity index (χ0v) is 18.4. The molecule has 10 heteroatoms. The minimum absolute atomic E-state index is 0.0750. The Morgan fingerprint density at radius 3 is 2.62 bits per heavy atom. The molecule has 1 saturated heterocycles. The zero-order chi connectivity index (χ0) is 22.9. The van der Waals surface area contributed by atoms with E-state index in [0.29, 0.717) is 6.42 Å². The third-order valence-electron chi connectivity index (χ3n) is 5.60. The lowest BCUT2D eigenvalue weighted by atomic mass is 10.1. The first-order valence-electron chi connectivity index (χ1n) is 10.3. The van der Waals surface area contributed by atoms with Crippen LogP contribution in [0, 0.1) is 0 Å². The molecule has 0 aliphatic carbocycles. The molecule has 2 aliphatic rings. The van der Waals surface area contributed by atoms with E-state index in [0.717, 1.165) is 23.4 Å². The topological polar surface area (TPSA) is 113 Å². The number of sulfonamides is 1. The van der Waals surface area contributed by atoms with Crippen molar-refractivity contribution in [1.82, 2.24) is 4.31 Å². The fourth-order valence-electron chi connectivity index (χ4n) is 4.00. The number of nitrogens with zero attached hydrogens (tertiary/aromatic N) is 2. The van der Waals surface area contributed by atoms with E-state index < -0.39 is 34.3 Å². The van der Waals surface area contributed by atoms with Gasteiger partial charge in [-0.25, -0.2) is 13.2 Å². The number of phenols is 1. The molecule has 0 aromatic heterocycles. The van der Waals surface area contributed by atoms with Gasteiger partial charge in [0.05, 0.1) is 18.1 Å². The number of carbonyl (C=O) groups excluding carboxylic acids is 2. The summed E-state index contributed by atoms with van der Waals surface area (Å²) in [6.07, 6.45) is 0.706. The molecule has 1 fully saturated rings. The number of anilines is 1. The molecular formula is C22H24N2O7S. The quantitative estimate of drug-likeness (QED) is 0.674. The summed E-state index contributed by atoms with van der Waals surface area (Å²) < 4.78 is 37.3. The number of fused-ring (bicyclic) bond motifs is 1. The molecular weight excluding hydrogens is 436 g/mol. The molecule has 2 aromatic carbocycles. The standard InChI is InChI=1S/C22H24N2O7S/c1-15-12-16-4-2-3-5-19(16)24(15)21(26)14-31-22(27)18-13-17(6-7-20(18)25)32(28,29)23-8-10-30-11-9-23/h2-7,13,15,25H,8-12,14H2,1H3/t15-/m1/s1. The van der Waals surface area contributed by atoms with E-state index in [4.69, 9.17) is 9.47 Å².